The van der Waals surface area contributed by atoms with Gasteiger partial charge in [0.15, 0.2) is 6.23 Å². The number of aliphatic hydroxyl groups excluding tert-OH is 7. The molecule has 3 heterocycles. The molecule has 0 aliphatic carbocycles. The van der Waals surface area contributed by atoms with Gasteiger partial charge < -0.3 is 98.2 Å². The molecule has 3 aliphatic rings. The van der Waals surface area contributed by atoms with Crippen LogP contribution in [-0.4, -0.2) is 210 Å². The van der Waals surface area contributed by atoms with Crippen LogP contribution < -0.4 is 42.8 Å². The number of hydrogen-bond acceptors (Lipinski definition) is 19. The van der Waals surface area contributed by atoms with E-state index >= 15 is 0 Å². The third-order valence-electron chi connectivity index (χ3n) is 14.7. The summed E-state index contributed by atoms with van der Waals surface area (Å²) >= 11 is 0. The van der Waals surface area contributed by atoms with Crippen LogP contribution in [0.2, 0.25) is 0 Å². The van der Waals surface area contributed by atoms with Gasteiger partial charge in [-0.05, 0) is 72.5 Å². The molecule has 17 N–H and O–H groups in total. The average molecular weight is 1150 g/mol. The Labute approximate surface area is 472 Å². The van der Waals surface area contributed by atoms with Crippen molar-refractivity contribution in [2.45, 2.75) is 163 Å². The number of nitrogens with one attached hydrogen (secondary N) is 5. The van der Waals surface area contributed by atoms with Gasteiger partial charge >= 0.3 is 0 Å². The van der Waals surface area contributed by atoms with Crippen molar-refractivity contribution in [3.8, 4) is 11.5 Å². The van der Waals surface area contributed by atoms with Crippen LogP contribution in [0.3, 0.4) is 0 Å². The maximum absolute atomic E-state index is 14.6. The van der Waals surface area contributed by atoms with Crippen LogP contribution in [0.15, 0.2) is 60.7 Å². The van der Waals surface area contributed by atoms with Crippen molar-refractivity contribution >= 4 is 58.0 Å². The molecular formula is C55H77N9O18. The Kier molecular flexibility index (Phi) is 23.3. The highest BCUT2D eigenvalue weighted by atomic mass is 16.5. The van der Waals surface area contributed by atoms with E-state index < -0.39 is 165 Å². The second-order valence-electron chi connectivity index (χ2n) is 21.0. The minimum absolute atomic E-state index is 0.0244. The van der Waals surface area contributed by atoms with Gasteiger partial charge in [-0.2, -0.15) is 0 Å². The van der Waals surface area contributed by atoms with E-state index in [1.807, 2.05) is 0 Å². The molecule has 27 heteroatoms. The zero-order valence-electron chi connectivity index (χ0n) is 45.7. The van der Waals surface area contributed by atoms with Crippen LogP contribution in [-0.2, 0) is 38.3 Å². The standard InChI is InChI=1S/C55H77N9O18/c1-3-4-5-6-7-8-20-81-35-16-13-30-22-32(10-9-31(30)23-35)48(74)58-36-25-40(70)53(82-21-18-56)62-52(78)45-38(68)17-19-63(45)55(80)43(39(69)26-41(57)71)60-51(77)44(47(73)46(72)29-11-14-33(66)15-12-29)61-50(76)37-24-34(67)27-64(37)54(79)42(28(2)65)59-49(36)75/h9-16,22-23,28,34,36-40,42-47,53,65-70,72-73H,3-8,17-21,24-27,56H2,1-2H3,(H2,57,71)(H,58,74)(H,59,75)(H,60,77)(H,61,76)(H,62,78)/t28-,34?,36-,37?,38+,39+,40-,42?,43?,44?,45?,46+,47+,53-/m1/s1. The van der Waals surface area contributed by atoms with Gasteiger partial charge in [0.25, 0.3) is 5.91 Å². The summed E-state index contributed by atoms with van der Waals surface area (Å²) in [5.74, 6) is -9.46. The van der Waals surface area contributed by atoms with Crippen LogP contribution in [0, 0.1) is 0 Å². The smallest absolute Gasteiger partial charge is 0.251 e. The first-order valence-corrected chi connectivity index (χ1v) is 27.5. The molecule has 3 aromatic rings. The molecule has 3 aromatic carbocycles. The fourth-order valence-electron chi connectivity index (χ4n) is 10.2. The Morgan fingerprint density at radius 3 is 2.06 bits per heavy atom. The van der Waals surface area contributed by atoms with Crippen molar-refractivity contribution in [3.63, 3.8) is 0 Å². The minimum atomic E-state index is -2.38. The summed E-state index contributed by atoms with van der Waals surface area (Å²) in [7, 11) is 0. The summed E-state index contributed by atoms with van der Waals surface area (Å²) in [5.41, 5.74) is 11.0. The molecule has 27 nitrogen and oxygen atoms in total. The summed E-state index contributed by atoms with van der Waals surface area (Å²) < 4.78 is 11.7. The zero-order valence-corrected chi connectivity index (χ0v) is 45.7. The van der Waals surface area contributed by atoms with Crippen LogP contribution >= 0.6 is 0 Å². The zero-order chi connectivity index (χ0) is 59.9. The molecule has 8 amide bonds. The maximum Gasteiger partial charge on any atom is 0.251 e. The second kappa shape index (κ2) is 29.8. The molecule has 82 heavy (non-hydrogen) atoms. The third-order valence-corrected chi connectivity index (χ3v) is 14.7. The number of aliphatic hydroxyl groups is 7. The molecule has 0 radical (unpaired) electrons. The van der Waals surface area contributed by atoms with Crippen molar-refractivity contribution in [1.29, 1.82) is 0 Å². The molecule has 3 fully saturated rings. The Hall–Kier alpha value is -7.08. The highest BCUT2D eigenvalue weighted by molar-refractivity contribution is 6.02. The van der Waals surface area contributed by atoms with Gasteiger partial charge in [-0.15, -0.1) is 0 Å². The lowest BCUT2D eigenvalue weighted by Crippen LogP contribution is -2.64. The molecule has 3 aliphatic heterocycles. The number of aromatic hydroxyl groups is 1. The summed E-state index contributed by atoms with van der Waals surface area (Å²) in [6.07, 6.45) is -11.6. The van der Waals surface area contributed by atoms with Crippen molar-refractivity contribution in [3.05, 3.63) is 71.8 Å². The van der Waals surface area contributed by atoms with Gasteiger partial charge in [0.05, 0.1) is 44.1 Å². The van der Waals surface area contributed by atoms with Gasteiger partial charge in [-0.3, -0.25) is 38.4 Å². The van der Waals surface area contributed by atoms with E-state index in [9.17, 15) is 79.2 Å². The van der Waals surface area contributed by atoms with Crippen molar-refractivity contribution in [1.82, 2.24) is 36.4 Å². The van der Waals surface area contributed by atoms with E-state index in [2.05, 4.69) is 33.5 Å². The van der Waals surface area contributed by atoms with Crippen LogP contribution in [0.5, 0.6) is 11.5 Å². The monoisotopic (exact) mass is 1150 g/mol. The van der Waals surface area contributed by atoms with E-state index in [1.54, 1.807) is 24.3 Å². The molecule has 3 saturated heterocycles. The molecule has 6 rings (SSSR count). The maximum atomic E-state index is 14.6. The number of phenols is 1. The summed E-state index contributed by atoms with van der Waals surface area (Å²) in [4.78, 5) is 115. The van der Waals surface area contributed by atoms with Gasteiger partial charge in [0.1, 0.15) is 66.1 Å². The number of ether oxygens (including phenoxy) is 2. The predicted octanol–water partition coefficient (Wildman–Crippen LogP) is -3.35. The number of carbonyl (C=O) groups excluding carboxylic acids is 8. The van der Waals surface area contributed by atoms with Gasteiger partial charge in [0.2, 0.25) is 41.4 Å². The van der Waals surface area contributed by atoms with Crippen molar-refractivity contribution in [2.24, 2.45) is 11.5 Å². The normalized spacial score (nSPS) is 26.7. The van der Waals surface area contributed by atoms with Gasteiger partial charge in [-0.1, -0.05) is 63.3 Å². The first-order valence-electron chi connectivity index (χ1n) is 27.5. The van der Waals surface area contributed by atoms with E-state index in [4.69, 9.17) is 20.9 Å². The number of nitrogens with two attached hydrogens (primary N) is 2. The Bertz CT molecular complexity index is 2720. The number of carbonyl (C=O) groups is 8. The van der Waals surface area contributed by atoms with Crippen molar-refractivity contribution in [2.75, 3.05) is 32.8 Å². The first kappa shape index (κ1) is 64.1. The second-order valence-corrected chi connectivity index (χ2v) is 21.0. The number of hydrogen-bond donors (Lipinski definition) is 15. The molecular weight excluding hydrogens is 1070 g/mol. The fourth-order valence-corrected chi connectivity index (χ4v) is 10.2. The number of nitrogens with zero attached hydrogens (tertiary/aromatic N) is 2. The molecule has 0 bridgehead atoms. The first-order chi connectivity index (χ1) is 39.0. The average Bonchev–Trinajstić information content (AvgIpc) is 4.20. The SMILES string of the molecule is CCCCCCCCOc1ccc2cc(C(=O)N[C@@H]3C[C@@H](O)[C@@H](OCCN)NC(=O)C4[C@@H](O)CCN4C(=O)C([C@@H](O)CC(N)=O)NC(=O)C([C@H](O)[C@@H](O)c4ccc(O)cc4)NC(=O)C4CC(O)CN4C(=O)C([C@@H](C)O)NC3=O)ccc2c1. The van der Waals surface area contributed by atoms with Crippen LogP contribution in [0.4, 0.5) is 0 Å². The quantitative estimate of drug-likeness (QED) is 0.0492. The van der Waals surface area contributed by atoms with Gasteiger partial charge in [-0.25, -0.2) is 0 Å². The summed E-state index contributed by atoms with van der Waals surface area (Å²) in [6.45, 7) is 2.15. The van der Waals surface area contributed by atoms with E-state index in [0.29, 0.717) is 23.1 Å². The lowest BCUT2D eigenvalue weighted by Gasteiger charge is -2.34. The number of benzene rings is 3. The Morgan fingerprint density at radius 2 is 1.38 bits per heavy atom. The number of unbranched alkanes of at least 4 members (excludes halogenated alkanes) is 5. The molecule has 6 unspecified atom stereocenters. The van der Waals surface area contributed by atoms with E-state index in [-0.39, 0.29) is 36.4 Å². The Balaban J connectivity index is 1.39. The largest absolute Gasteiger partial charge is 0.508 e. The van der Waals surface area contributed by atoms with E-state index in [1.165, 1.54) is 18.6 Å². The lowest BCUT2D eigenvalue weighted by atomic mass is 9.96. The highest BCUT2D eigenvalue weighted by Crippen LogP contribution is 2.27. The number of fused-ring (bicyclic) bond motifs is 3. The highest BCUT2D eigenvalue weighted by Gasteiger charge is 2.49. The van der Waals surface area contributed by atoms with E-state index in [0.717, 1.165) is 73.1 Å². The lowest BCUT2D eigenvalue weighted by molar-refractivity contribution is -0.150. The number of primary amides is 1. The fraction of sp³-hybridized carbons (Fsp3) is 0.564. The minimum Gasteiger partial charge on any atom is -0.508 e. The van der Waals surface area contributed by atoms with Crippen LogP contribution in [0.1, 0.15) is 100 Å². The third kappa shape index (κ3) is 16.6. The Morgan fingerprint density at radius 1 is 0.732 bits per heavy atom. The molecule has 0 spiro atoms. The summed E-state index contributed by atoms with van der Waals surface area (Å²) in [6, 6.07) is 2.39. The summed E-state index contributed by atoms with van der Waals surface area (Å²) in [5, 5.41) is 103. The molecule has 14 atom stereocenters. The van der Waals surface area contributed by atoms with Crippen molar-refractivity contribution < 1.29 is 88.7 Å². The number of rotatable bonds is 20. The predicted molar refractivity (Wildman–Crippen MR) is 290 cm³/mol. The molecule has 0 saturated carbocycles. The molecule has 450 valence electrons. The van der Waals surface area contributed by atoms with Gasteiger partial charge in [0, 0.05) is 38.0 Å². The topological polar surface area (TPSA) is 436 Å². The number of amides is 8. The van der Waals surface area contributed by atoms with Crippen LogP contribution in [0.25, 0.3) is 10.8 Å². The molecule has 0 aromatic heterocycles. The number of phenolic OH excluding ortho intramolecular Hbond substituents is 1.